The highest BCUT2D eigenvalue weighted by atomic mass is 16.3. The molecule has 0 fully saturated rings. The van der Waals surface area contributed by atoms with Gasteiger partial charge >= 0.3 is 5.69 Å². The minimum Gasteiger partial charge on any atom is -0.393 e. The summed E-state index contributed by atoms with van der Waals surface area (Å²) < 4.78 is 2.58. The molecule has 1 unspecified atom stereocenters. The lowest BCUT2D eigenvalue weighted by Crippen LogP contribution is -2.39. The first-order chi connectivity index (χ1) is 13.0. The number of hydrogen-bond acceptors (Lipinski definition) is 6. The predicted octanol–water partition coefficient (Wildman–Crippen LogP) is 0.981. The lowest BCUT2D eigenvalue weighted by molar-refractivity contribution is 0.180. The Bertz CT molecular complexity index is 1020. The van der Waals surface area contributed by atoms with E-state index in [0.29, 0.717) is 37.5 Å². The maximum Gasteiger partial charge on any atom is 0.332 e. The van der Waals surface area contributed by atoms with E-state index in [1.54, 1.807) is 20.2 Å². The maximum atomic E-state index is 12.7. The molecule has 3 N–H and O–H groups in total. The minimum absolute atomic E-state index is 0.288. The molecule has 1 atom stereocenters. The van der Waals surface area contributed by atoms with E-state index in [1.165, 1.54) is 9.13 Å². The van der Waals surface area contributed by atoms with Crippen molar-refractivity contribution in [2.45, 2.75) is 45.4 Å². The summed E-state index contributed by atoms with van der Waals surface area (Å²) in [4.78, 5) is 36.7. The number of aliphatic hydroxyl groups is 1. The number of aromatic nitrogens is 5. The molecule has 3 aromatic rings. The Morgan fingerprint density at radius 3 is 2.81 bits per heavy atom. The molecule has 9 nitrogen and oxygen atoms in total. The van der Waals surface area contributed by atoms with Crippen molar-refractivity contribution in [3.63, 3.8) is 0 Å². The maximum absolute atomic E-state index is 12.7. The number of rotatable bonds is 8. The molecular formula is C18H24N6O3. The van der Waals surface area contributed by atoms with Gasteiger partial charge in [0, 0.05) is 19.8 Å². The summed E-state index contributed by atoms with van der Waals surface area (Å²) in [5.74, 6) is 0.412. The van der Waals surface area contributed by atoms with Crippen molar-refractivity contribution >= 4 is 17.1 Å². The zero-order chi connectivity index (χ0) is 19.4. The van der Waals surface area contributed by atoms with Crippen LogP contribution in [0.1, 0.15) is 31.9 Å². The fourth-order valence-electron chi connectivity index (χ4n) is 2.92. The smallest absolute Gasteiger partial charge is 0.332 e. The van der Waals surface area contributed by atoms with Crippen molar-refractivity contribution in [3.8, 4) is 0 Å². The molecule has 0 aliphatic heterocycles. The SMILES string of the molecule is CC(O)CCCCn1c(=O)c2[nH]c(NCc3ccccn3)nc2n(C)c1=O. The Hall–Kier alpha value is -2.94. The first-order valence-corrected chi connectivity index (χ1v) is 8.98. The second-order valence-corrected chi connectivity index (χ2v) is 6.60. The molecule has 3 heterocycles. The number of fused-ring (bicyclic) bond motifs is 1. The summed E-state index contributed by atoms with van der Waals surface area (Å²) in [6, 6.07) is 5.61. The van der Waals surface area contributed by atoms with E-state index in [9.17, 15) is 14.7 Å². The van der Waals surface area contributed by atoms with Crippen LogP contribution in [-0.4, -0.2) is 35.3 Å². The van der Waals surface area contributed by atoms with Gasteiger partial charge in [-0.05, 0) is 38.3 Å². The Morgan fingerprint density at radius 1 is 1.30 bits per heavy atom. The zero-order valence-electron chi connectivity index (χ0n) is 15.5. The van der Waals surface area contributed by atoms with Crippen molar-refractivity contribution < 1.29 is 5.11 Å². The summed E-state index contributed by atoms with van der Waals surface area (Å²) in [5.41, 5.74) is 0.656. The minimum atomic E-state index is -0.396. The van der Waals surface area contributed by atoms with Gasteiger partial charge in [0.15, 0.2) is 11.2 Å². The molecule has 3 aromatic heterocycles. The van der Waals surface area contributed by atoms with Gasteiger partial charge in [-0.25, -0.2) is 4.79 Å². The van der Waals surface area contributed by atoms with Gasteiger partial charge in [0.25, 0.3) is 5.56 Å². The standard InChI is InChI=1S/C18H24N6O3/c1-12(25)7-4-6-10-24-16(26)14-15(23(2)18(24)27)22-17(21-14)20-11-13-8-3-5-9-19-13/h3,5,8-9,12,25H,4,6-7,10-11H2,1-2H3,(H2,20,21,22). The first-order valence-electron chi connectivity index (χ1n) is 8.98. The van der Waals surface area contributed by atoms with Gasteiger partial charge in [0.05, 0.1) is 18.3 Å². The average molecular weight is 372 g/mol. The summed E-state index contributed by atoms with van der Waals surface area (Å²) >= 11 is 0. The van der Waals surface area contributed by atoms with Crippen molar-refractivity contribution in [2.24, 2.45) is 7.05 Å². The van der Waals surface area contributed by atoms with E-state index in [0.717, 1.165) is 12.1 Å². The number of nitrogens with one attached hydrogen (secondary N) is 2. The van der Waals surface area contributed by atoms with E-state index in [4.69, 9.17) is 0 Å². The third kappa shape index (κ3) is 4.25. The quantitative estimate of drug-likeness (QED) is 0.507. The van der Waals surface area contributed by atoms with E-state index in [2.05, 4.69) is 20.3 Å². The summed E-state index contributed by atoms with van der Waals surface area (Å²) in [6.45, 7) is 2.48. The topological polar surface area (TPSA) is 118 Å². The van der Waals surface area contributed by atoms with Gasteiger partial charge in [-0.3, -0.25) is 18.9 Å². The third-order valence-corrected chi connectivity index (χ3v) is 4.40. The number of aryl methyl sites for hydroxylation is 1. The van der Waals surface area contributed by atoms with Crippen molar-refractivity contribution in [1.29, 1.82) is 0 Å². The van der Waals surface area contributed by atoms with Crippen LogP contribution in [0.2, 0.25) is 0 Å². The van der Waals surface area contributed by atoms with Gasteiger partial charge in [-0.15, -0.1) is 0 Å². The molecule has 0 aliphatic carbocycles. The van der Waals surface area contributed by atoms with Gasteiger partial charge in [-0.2, -0.15) is 4.98 Å². The second kappa shape index (κ2) is 8.17. The van der Waals surface area contributed by atoms with E-state index < -0.39 is 5.69 Å². The number of anilines is 1. The lowest BCUT2D eigenvalue weighted by Gasteiger charge is -2.08. The molecule has 0 amide bonds. The van der Waals surface area contributed by atoms with Crippen LogP contribution < -0.4 is 16.6 Å². The number of aliphatic hydroxyl groups excluding tert-OH is 1. The lowest BCUT2D eigenvalue weighted by atomic mass is 10.2. The molecule has 0 saturated heterocycles. The molecule has 0 bridgehead atoms. The molecule has 0 saturated carbocycles. The molecule has 9 heteroatoms. The van der Waals surface area contributed by atoms with E-state index in [-0.39, 0.29) is 17.2 Å². The summed E-state index contributed by atoms with van der Waals surface area (Å²) in [5, 5.41) is 12.4. The highest BCUT2D eigenvalue weighted by Crippen LogP contribution is 2.10. The monoisotopic (exact) mass is 372 g/mol. The van der Waals surface area contributed by atoms with Crippen molar-refractivity contribution in [3.05, 3.63) is 50.9 Å². The van der Waals surface area contributed by atoms with Crippen LogP contribution >= 0.6 is 0 Å². The Labute approximate surface area is 155 Å². The van der Waals surface area contributed by atoms with Gasteiger partial charge < -0.3 is 15.4 Å². The van der Waals surface area contributed by atoms with Crippen LogP contribution in [-0.2, 0) is 20.1 Å². The molecular weight excluding hydrogens is 348 g/mol. The van der Waals surface area contributed by atoms with Crippen LogP contribution in [0.15, 0.2) is 34.0 Å². The summed E-state index contributed by atoms with van der Waals surface area (Å²) in [7, 11) is 1.60. The van der Waals surface area contributed by atoms with Gasteiger partial charge in [-0.1, -0.05) is 6.07 Å². The van der Waals surface area contributed by atoms with E-state index in [1.807, 2.05) is 18.2 Å². The average Bonchev–Trinajstić information content (AvgIpc) is 3.09. The highest BCUT2D eigenvalue weighted by molar-refractivity contribution is 5.72. The van der Waals surface area contributed by atoms with Crippen LogP contribution in [0.5, 0.6) is 0 Å². The highest BCUT2D eigenvalue weighted by Gasteiger charge is 2.15. The number of pyridine rings is 1. The van der Waals surface area contributed by atoms with Gasteiger partial charge in [0.2, 0.25) is 5.95 Å². The zero-order valence-corrected chi connectivity index (χ0v) is 15.5. The Kier molecular flexibility index (Phi) is 5.70. The normalized spacial score (nSPS) is 12.4. The van der Waals surface area contributed by atoms with Crippen molar-refractivity contribution in [1.82, 2.24) is 24.1 Å². The number of nitrogens with zero attached hydrogens (tertiary/aromatic N) is 4. The fraction of sp³-hybridized carbons (Fsp3) is 0.444. The number of H-pyrrole nitrogens is 1. The molecule has 27 heavy (non-hydrogen) atoms. The number of hydrogen-bond donors (Lipinski definition) is 3. The van der Waals surface area contributed by atoms with Crippen LogP contribution in [0, 0.1) is 0 Å². The Balaban J connectivity index is 1.83. The number of aromatic amines is 1. The van der Waals surface area contributed by atoms with Crippen molar-refractivity contribution in [2.75, 3.05) is 5.32 Å². The molecule has 0 radical (unpaired) electrons. The van der Waals surface area contributed by atoms with E-state index >= 15 is 0 Å². The molecule has 0 aromatic carbocycles. The second-order valence-electron chi connectivity index (χ2n) is 6.60. The molecule has 0 aliphatic rings. The predicted molar refractivity (Wildman–Crippen MR) is 103 cm³/mol. The van der Waals surface area contributed by atoms with Gasteiger partial charge in [0.1, 0.15) is 0 Å². The molecule has 0 spiro atoms. The first kappa shape index (κ1) is 18.8. The number of unbranched alkanes of at least 4 members (excludes halogenated alkanes) is 1. The largest absolute Gasteiger partial charge is 0.393 e. The number of imidazole rings is 1. The fourth-order valence-corrected chi connectivity index (χ4v) is 2.92. The summed E-state index contributed by atoms with van der Waals surface area (Å²) in [6.07, 6.45) is 3.35. The Morgan fingerprint density at radius 2 is 2.11 bits per heavy atom. The van der Waals surface area contributed by atoms with Crippen LogP contribution in [0.3, 0.4) is 0 Å². The third-order valence-electron chi connectivity index (χ3n) is 4.40. The molecule has 144 valence electrons. The molecule has 3 rings (SSSR count). The van der Waals surface area contributed by atoms with Crippen LogP contribution in [0.4, 0.5) is 5.95 Å². The van der Waals surface area contributed by atoms with Crippen LogP contribution in [0.25, 0.3) is 11.2 Å².